The summed E-state index contributed by atoms with van der Waals surface area (Å²) in [6.45, 7) is 0. The maximum atomic E-state index is 2.22. The fraction of sp³-hybridized carbons (Fsp3) is 0. The molecule has 0 N–H and O–H groups in total. The van der Waals surface area contributed by atoms with Crippen LogP contribution >= 0.6 is 0 Å². The van der Waals surface area contributed by atoms with Crippen LogP contribution in [0.25, 0.3) is 0 Å². The van der Waals surface area contributed by atoms with E-state index in [1.54, 1.807) is 0 Å². The molecule has 2 aromatic rings. The fourth-order valence-corrected chi connectivity index (χ4v) is 3.56. The molecule has 2 aromatic carbocycles. The first-order valence-corrected chi connectivity index (χ1v) is 6.56. The Balaban J connectivity index is 0.000000980. The van der Waals surface area contributed by atoms with Gasteiger partial charge in [-0.3, -0.25) is 0 Å². The molecule has 0 fully saturated rings. The molecule has 0 saturated heterocycles. The molecule has 2 rings (SSSR count). The molecule has 0 aliphatic heterocycles. The Labute approximate surface area is 107 Å². The molecule has 0 nitrogen and oxygen atoms in total. The predicted octanol–water partition coefficient (Wildman–Crippen LogP) is 0.961. The molecular formula is C12H10LiTe. The molecule has 0 aliphatic rings. The molecule has 0 spiro atoms. The van der Waals surface area contributed by atoms with Crippen molar-refractivity contribution in [2.45, 2.75) is 0 Å². The Morgan fingerprint density at radius 3 is 1.29 bits per heavy atom. The van der Waals surface area contributed by atoms with Crippen LogP contribution in [-0.2, 0) is 0 Å². The van der Waals surface area contributed by atoms with Gasteiger partial charge in [-0.2, -0.15) is 0 Å². The molecule has 65 valence electrons. The predicted molar refractivity (Wildman–Crippen MR) is 63.7 cm³/mol. The molecule has 0 saturated carbocycles. The van der Waals surface area contributed by atoms with Crippen LogP contribution in [0.4, 0.5) is 0 Å². The molecule has 0 aliphatic carbocycles. The van der Waals surface area contributed by atoms with Gasteiger partial charge in [0.1, 0.15) is 0 Å². The standard InChI is InChI=1S/C12H10Te.Li/c1-3-7-11(8-4-1)13-12-9-5-2-6-10-12;/h1-10H;. The van der Waals surface area contributed by atoms with Crippen molar-refractivity contribution in [3.8, 4) is 0 Å². The van der Waals surface area contributed by atoms with E-state index in [1.807, 2.05) is 0 Å². The number of hydrogen-bond acceptors (Lipinski definition) is 0. The summed E-state index contributed by atoms with van der Waals surface area (Å²) in [5, 5.41) is 0. The van der Waals surface area contributed by atoms with Crippen LogP contribution < -0.4 is 7.22 Å². The molecule has 0 aromatic heterocycles. The summed E-state index contributed by atoms with van der Waals surface area (Å²) >= 11 is -0.153. The van der Waals surface area contributed by atoms with Crippen LogP contribution in [0, 0.1) is 0 Å². The first-order valence-electron chi connectivity index (χ1n) is 4.23. The van der Waals surface area contributed by atoms with Crippen LogP contribution in [0.15, 0.2) is 60.7 Å². The van der Waals surface area contributed by atoms with Gasteiger partial charge in [0.15, 0.2) is 0 Å². The minimum atomic E-state index is -0.153. The summed E-state index contributed by atoms with van der Waals surface area (Å²) in [7, 11) is 0. The average molecular weight is 289 g/mol. The summed E-state index contributed by atoms with van der Waals surface area (Å²) in [4.78, 5) is 0. The Kier molecular flexibility index (Phi) is 5.39. The Hall–Kier alpha value is -0.173. The van der Waals surface area contributed by atoms with Crippen molar-refractivity contribution < 1.29 is 0 Å². The van der Waals surface area contributed by atoms with Gasteiger partial charge in [-0.15, -0.1) is 0 Å². The minimum absolute atomic E-state index is 0. The Morgan fingerprint density at radius 1 is 0.571 bits per heavy atom. The summed E-state index contributed by atoms with van der Waals surface area (Å²) in [6, 6.07) is 21.5. The van der Waals surface area contributed by atoms with Crippen molar-refractivity contribution in [3.63, 3.8) is 0 Å². The quantitative estimate of drug-likeness (QED) is 0.722. The van der Waals surface area contributed by atoms with Crippen molar-refractivity contribution in [2.24, 2.45) is 0 Å². The van der Waals surface area contributed by atoms with Crippen LogP contribution in [0.3, 0.4) is 0 Å². The molecule has 0 amide bonds. The number of rotatable bonds is 2. The molecule has 0 heterocycles. The van der Waals surface area contributed by atoms with E-state index in [4.69, 9.17) is 0 Å². The van der Waals surface area contributed by atoms with E-state index in [9.17, 15) is 0 Å². The summed E-state index contributed by atoms with van der Waals surface area (Å²) in [5.74, 6) is 0. The molecular weight excluding hydrogens is 279 g/mol. The van der Waals surface area contributed by atoms with Gasteiger partial charge in [-0.25, -0.2) is 0 Å². The van der Waals surface area contributed by atoms with Gasteiger partial charge in [-0.05, 0) is 0 Å². The van der Waals surface area contributed by atoms with Crippen LogP contribution in [0.1, 0.15) is 0 Å². The van der Waals surface area contributed by atoms with Gasteiger partial charge >= 0.3 is 88.8 Å². The van der Waals surface area contributed by atoms with Crippen molar-refractivity contribution >= 4 is 47.0 Å². The van der Waals surface area contributed by atoms with Gasteiger partial charge in [0.25, 0.3) is 0 Å². The normalized spacial score (nSPS) is 9.14. The van der Waals surface area contributed by atoms with Gasteiger partial charge in [0, 0.05) is 18.9 Å². The third kappa shape index (κ3) is 3.53. The van der Waals surface area contributed by atoms with E-state index in [0.717, 1.165) is 0 Å². The van der Waals surface area contributed by atoms with Crippen molar-refractivity contribution in [3.05, 3.63) is 60.7 Å². The van der Waals surface area contributed by atoms with Gasteiger partial charge in [-0.1, -0.05) is 0 Å². The summed E-state index contributed by atoms with van der Waals surface area (Å²) in [6.07, 6.45) is 0. The second-order valence-corrected chi connectivity index (χ2v) is 6.00. The molecule has 1 radical (unpaired) electrons. The zero-order valence-corrected chi connectivity index (χ0v) is 10.5. The first-order chi connectivity index (χ1) is 6.45. The van der Waals surface area contributed by atoms with Crippen molar-refractivity contribution in [1.82, 2.24) is 0 Å². The second-order valence-electron chi connectivity index (χ2n) is 2.73. The number of benzene rings is 2. The maximum absolute atomic E-state index is 2.22. The zero-order chi connectivity index (χ0) is 8.93. The average Bonchev–Trinajstić information content (AvgIpc) is 2.21. The second kappa shape index (κ2) is 6.34. The Bertz CT molecular complexity index is 321. The first kappa shape index (κ1) is 11.9. The number of hydrogen-bond donors (Lipinski definition) is 0. The fourth-order valence-electron chi connectivity index (χ4n) is 1.11. The summed E-state index contributed by atoms with van der Waals surface area (Å²) in [5.41, 5.74) is 0. The molecule has 0 atom stereocenters. The van der Waals surface area contributed by atoms with Gasteiger partial charge < -0.3 is 0 Å². The molecule has 14 heavy (non-hydrogen) atoms. The van der Waals surface area contributed by atoms with E-state index in [-0.39, 0.29) is 39.8 Å². The summed E-state index contributed by atoms with van der Waals surface area (Å²) < 4.78 is 3.00. The third-order valence-corrected chi connectivity index (χ3v) is 4.62. The molecule has 0 unspecified atom stereocenters. The topological polar surface area (TPSA) is 0 Å². The van der Waals surface area contributed by atoms with E-state index in [1.165, 1.54) is 7.22 Å². The van der Waals surface area contributed by atoms with E-state index in [2.05, 4.69) is 60.7 Å². The van der Waals surface area contributed by atoms with Crippen molar-refractivity contribution in [2.75, 3.05) is 0 Å². The third-order valence-electron chi connectivity index (χ3n) is 1.72. The van der Waals surface area contributed by atoms with Crippen LogP contribution in [-0.4, -0.2) is 39.8 Å². The van der Waals surface area contributed by atoms with Crippen molar-refractivity contribution in [1.29, 1.82) is 0 Å². The SMILES string of the molecule is [Li].c1ccc([Te]c2ccccc2)cc1. The van der Waals surface area contributed by atoms with Gasteiger partial charge in [0.2, 0.25) is 0 Å². The van der Waals surface area contributed by atoms with Gasteiger partial charge in [0.05, 0.1) is 0 Å². The zero-order valence-electron chi connectivity index (χ0n) is 8.18. The van der Waals surface area contributed by atoms with E-state index >= 15 is 0 Å². The van der Waals surface area contributed by atoms with Crippen LogP contribution in [0.5, 0.6) is 0 Å². The van der Waals surface area contributed by atoms with Crippen LogP contribution in [0.2, 0.25) is 0 Å². The molecule has 2 heteroatoms. The van der Waals surface area contributed by atoms with E-state index < -0.39 is 0 Å². The monoisotopic (exact) mass is 291 g/mol. The Morgan fingerprint density at radius 2 is 0.929 bits per heavy atom. The van der Waals surface area contributed by atoms with E-state index in [0.29, 0.717) is 0 Å². The molecule has 0 bridgehead atoms.